The normalized spacial score (nSPS) is 27.6. The molecule has 10 heteroatoms. The van der Waals surface area contributed by atoms with Crippen LogP contribution in [0.2, 0.25) is 0 Å². The number of carbonyl (C=O) groups is 2. The summed E-state index contributed by atoms with van der Waals surface area (Å²) in [5, 5.41) is 7.40. The van der Waals surface area contributed by atoms with Crippen LogP contribution in [0.15, 0.2) is 18.6 Å². The van der Waals surface area contributed by atoms with Gasteiger partial charge in [0.25, 0.3) is 5.91 Å². The molecular weight excluding hydrogens is 454 g/mol. The van der Waals surface area contributed by atoms with E-state index in [2.05, 4.69) is 15.4 Å². The first kappa shape index (κ1) is 23.7. The average Bonchev–Trinajstić information content (AvgIpc) is 3.11. The standard InChI is InChI=1S/C25H32F2N6O2/c1-14-19(17-11-30-32(2)13-17)12-29-23(33-6-3-4-25(26,27)5-7-33)21(14)24(35)31-20-10-18(22(28)34)15-8-16(20)9-15/h11-13,15-16,18,20H,3-10H2,1-2H3,(H2,28,34)(H,31,35)/t15?,16?,18-,20+/m0/s1. The van der Waals surface area contributed by atoms with Crippen molar-refractivity contribution in [2.24, 2.45) is 30.5 Å². The SMILES string of the molecule is Cc1c(-c2cnn(C)c2)cnc(N2CCCC(F)(F)CC2)c1C(=O)N[C@@H]1C[C@H](C(N)=O)C2CC1C2. The summed E-state index contributed by atoms with van der Waals surface area (Å²) in [4.78, 5) is 32.1. The second kappa shape index (κ2) is 8.87. The Morgan fingerprint density at radius 2 is 1.91 bits per heavy atom. The summed E-state index contributed by atoms with van der Waals surface area (Å²) in [5.41, 5.74) is 8.34. The highest BCUT2D eigenvalue weighted by Gasteiger charge is 2.48. The molecule has 2 aromatic rings. The molecule has 2 bridgehead atoms. The third-order valence-electron chi connectivity index (χ3n) is 8.12. The number of anilines is 1. The smallest absolute Gasteiger partial charge is 0.255 e. The van der Waals surface area contributed by atoms with Gasteiger partial charge in [0.05, 0.1) is 11.8 Å². The Morgan fingerprint density at radius 3 is 2.60 bits per heavy atom. The fourth-order valence-corrected chi connectivity index (χ4v) is 6.02. The molecule has 1 aliphatic heterocycles. The minimum atomic E-state index is -2.71. The fourth-order valence-electron chi connectivity index (χ4n) is 6.02. The van der Waals surface area contributed by atoms with Crippen LogP contribution in [0.5, 0.6) is 0 Å². The van der Waals surface area contributed by atoms with Crippen molar-refractivity contribution in [3.05, 3.63) is 29.7 Å². The second-order valence-corrected chi connectivity index (χ2v) is 10.4. The van der Waals surface area contributed by atoms with Crippen LogP contribution in [0.4, 0.5) is 14.6 Å². The van der Waals surface area contributed by atoms with Crippen LogP contribution in [-0.4, -0.2) is 51.6 Å². The molecule has 3 saturated carbocycles. The number of amides is 2. The summed E-state index contributed by atoms with van der Waals surface area (Å²) >= 11 is 0. The minimum absolute atomic E-state index is 0.128. The van der Waals surface area contributed by atoms with Gasteiger partial charge < -0.3 is 16.0 Å². The number of hydrogen-bond acceptors (Lipinski definition) is 5. The van der Waals surface area contributed by atoms with Crippen LogP contribution < -0.4 is 16.0 Å². The Morgan fingerprint density at radius 1 is 1.14 bits per heavy atom. The molecule has 3 heterocycles. The number of pyridine rings is 1. The van der Waals surface area contributed by atoms with E-state index in [9.17, 15) is 18.4 Å². The zero-order chi connectivity index (χ0) is 24.9. The lowest BCUT2D eigenvalue weighted by molar-refractivity contribution is -0.129. The van der Waals surface area contributed by atoms with Crippen LogP contribution in [-0.2, 0) is 11.8 Å². The largest absolute Gasteiger partial charge is 0.369 e. The molecule has 2 amide bonds. The van der Waals surface area contributed by atoms with Crippen molar-refractivity contribution < 1.29 is 18.4 Å². The van der Waals surface area contributed by atoms with E-state index in [1.807, 2.05) is 25.1 Å². The Bertz CT molecular complexity index is 1140. The van der Waals surface area contributed by atoms with E-state index >= 15 is 0 Å². The number of nitrogens with two attached hydrogens (primary N) is 1. The van der Waals surface area contributed by atoms with Gasteiger partial charge in [-0.25, -0.2) is 13.8 Å². The number of fused-ring (bicyclic) bond motifs is 2. The molecular formula is C25H32F2N6O2. The molecule has 3 aliphatic carbocycles. The van der Waals surface area contributed by atoms with Gasteiger partial charge in [-0.2, -0.15) is 5.10 Å². The molecule has 3 N–H and O–H groups in total. The highest BCUT2D eigenvalue weighted by Crippen LogP contribution is 2.49. The molecule has 35 heavy (non-hydrogen) atoms. The van der Waals surface area contributed by atoms with Gasteiger partial charge in [-0.3, -0.25) is 14.3 Å². The molecule has 188 valence electrons. The number of carbonyl (C=O) groups excluding carboxylic acids is 2. The molecule has 0 spiro atoms. The molecule has 4 fully saturated rings. The molecule has 4 aliphatic rings. The maximum atomic E-state index is 14.1. The first-order valence-electron chi connectivity index (χ1n) is 12.3. The zero-order valence-electron chi connectivity index (χ0n) is 20.1. The van der Waals surface area contributed by atoms with Gasteiger partial charge in [-0.05, 0) is 50.0 Å². The molecule has 1 saturated heterocycles. The van der Waals surface area contributed by atoms with E-state index in [1.54, 1.807) is 17.1 Å². The van der Waals surface area contributed by atoms with E-state index in [1.165, 1.54) is 0 Å². The quantitative estimate of drug-likeness (QED) is 0.676. The second-order valence-electron chi connectivity index (χ2n) is 10.4. The monoisotopic (exact) mass is 486 g/mol. The number of nitrogens with zero attached hydrogens (tertiary/aromatic N) is 4. The van der Waals surface area contributed by atoms with E-state index in [4.69, 9.17) is 5.73 Å². The van der Waals surface area contributed by atoms with Crippen LogP contribution in [0.3, 0.4) is 0 Å². The van der Waals surface area contributed by atoms with Crippen molar-refractivity contribution in [3.63, 3.8) is 0 Å². The molecule has 2 aromatic heterocycles. The first-order valence-corrected chi connectivity index (χ1v) is 12.3. The van der Waals surface area contributed by atoms with Gasteiger partial charge in [0.2, 0.25) is 11.8 Å². The van der Waals surface area contributed by atoms with Crippen molar-refractivity contribution >= 4 is 17.6 Å². The fraction of sp³-hybridized carbons (Fsp3) is 0.600. The van der Waals surface area contributed by atoms with Crippen molar-refractivity contribution in [3.8, 4) is 11.1 Å². The Hall–Kier alpha value is -3.04. The summed E-state index contributed by atoms with van der Waals surface area (Å²) in [5.74, 6) is -2.46. The van der Waals surface area contributed by atoms with Gasteiger partial charge in [0.15, 0.2) is 0 Å². The van der Waals surface area contributed by atoms with Gasteiger partial charge in [0, 0.05) is 68.5 Å². The zero-order valence-corrected chi connectivity index (χ0v) is 20.1. The summed E-state index contributed by atoms with van der Waals surface area (Å²) in [7, 11) is 1.82. The number of alkyl halides is 2. The molecule has 0 unspecified atom stereocenters. The van der Waals surface area contributed by atoms with Crippen LogP contribution in [0, 0.1) is 24.7 Å². The molecule has 8 nitrogen and oxygen atoms in total. The van der Waals surface area contributed by atoms with E-state index in [-0.39, 0.29) is 43.2 Å². The summed E-state index contributed by atoms with van der Waals surface area (Å²) in [6, 6.07) is -0.146. The third kappa shape index (κ3) is 4.50. The molecule has 0 aromatic carbocycles. The van der Waals surface area contributed by atoms with Crippen molar-refractivity contribution in [2.45, 2.75) is 57.4 Å². The Balaban J connectivity index is 1.49. The number of nitrogens with one attached hydrogen (secondary N) is 1. The van der Waals surface area contributed by atoms with Gasteiger partial charge in [-0.15, -0.1) is 0 Å². The van der Waals surface area contributed by atoms with Crippen molar-refractivity contribution in [2.75, 3.05) is 18.0 Å². The first-order chi connectivity index (χ1) is 16.6. The lowest BCUT2D eigenvalue weighted by Crippen LogP contribution is -2.56. The predicted molar refractivity (Wildman–Crippen MR) is 127 cm³/mol. The molecule has 6 rings (SSSR count). The predicted octanol–water partition coefficient (Wildman–Crippen LogP) is 3.05. The Labute approximate surface area is 203 Å². The lowest BCUT2D eigenvalue weighted by Gasteiger charge is -2.50. The maximum Gasteiger partial charge on any atom is 0.255 e. The average molecular weight is 487 g/mol. The molecule has 2 atom stereocenters. The highest BCUT2D eigenvalue weighted by atomic mass is 19.3. The van der Waals surface area contributed by atoms with E-state index in [0.29, 0.717) is 42.6 Å². The number of primary amides is 1. The minimum Gasteiger partial charge on any atom is -0.369 e. The molecule has 0 radical (unpaired) electrons. The van der Waals surface area contributed by atoms with Crippen LogP contribution in [0.1, 0.15) is 54.4 Å². The number of rotatable bonds is 5. The topological polar surface area (TPSA) is 106 Å². The van der Waals surface area contributed by atoms with E-state index in [0.717, 1.165) is 29.5 Å². The number of hydrogen-bond donors (Lipinski definition) is 2. The summed E-state index contributed by atoms with van der Waals surface area (Å²) in [6.07, 6.45) is 7.46. The number of halogens is 2. The van der Waals surface area contributed by atoms with Gasteiger partial charge in [0.1, 0.15) is 5.82 Å². The third-order valence-corrected chi connectivity index (χ3v) is 8.12. The lowest BCUT2D eigenvalue weighted by atomic mass is 9.57. The van der Waals surface area contributed by atoms with Crippen LogP contribution >= 0.6 is 0 Å². The Kier molecular flexibility index (Phi) is 6.01. The summed E-state index contributed by atoms with van der Waals surface area (Å²) < 4.78 is 29.8. The van der Waals surface area contributed by atoms with Gasteiger partial charge >= 0.3 is 0 Å². The van der Waals surface area contributed by atoms with Crippen molar-refractivity contribution in [1.82, 2.24) is 20.1 Å². The number of aromatic nitrogens is 3. The van der Waals surface area contributed by atoms with Gasteiger partial charge in [-0.1, -0.05) is 0 Å². The number of aryl methyl sites for hydroxylation is 1. The van der Waals surface area contributed by atoms with Crippen molar-refractivity contribution in [1.29, 1.82) is 0 Å². The summed E-state index contributed by atoms with van der Waals surface area (Å²) in [6.45, 7) is 2.40. The van der Waals surface area contributed by atoms with Crippen LogP contribution in [0.25, 0.3) is 11.1 Å². The highest BCUT2D eigenvalue weighted by molar-refractivity contribution is 6.02. The maximum absolute atomic E-state index is 14.1. The van der Waals surface area contributed by atoms with E-state index < -0.39 is 5.92 Å².